The van der Waals surface area contributed by atoms with Crippen molar-refractivity contribution in [3.05, 3.63) is 29.8 Å². The topological polar surface area (TPSA) is 87.3 Å². The van der Waals surface area contributed by atoms with Crippen LogP contribution in [0.1, 0.15) is 23.2 Å². The molecule has 1 amide bonds. The molecule has 1 aromatic carbocycles. The van der Waals surface area contributed by atoms with Crippen LogP contribution in [0.3, 0.4) is 0 Å². The van der Waals surface area contributed by atoms with Gasteiger partial charge in [-0.1, -0.05) is 0 Å². The van der Waals surface area contributed by atoms with Gasteiger partial charge in [-0.25, -0.2) is 13.1 Å². The number of nitrogens with one attached hydrogen (secondary N) is 3. The van der Waals surface area contributed by atoms with Crippen LogP contribution in [0, 0.1) is 0 Å². The Morgan fingerprint density at radius 3 is 2.24 bits per heavy atom. The van der Waals surface area contributed by atoms with Gasteiger partial charge in [-0.15, -0.1) is 12.4 Å². The Labute approximate surface area is 150 Å². The molecule has 25 heavy (non-hydrogen) atoms. The number of hydrogen-bond acceptors (Lipinski definition) is 4. The Hall–Kier alpha value is -1.36. The minimum atomic E-state index is -4.50. The van der Waals surface area contributed by atoms with Gasteiger partial charge in [0.25, 0.3) is 5.91 Å². The zero-order valence-corrected chi connectivity index (χ0v) is 14.7. The smallest absolute Gasteiger partial charge is 0.343 e. The van der Waals surface area contributed by atoms with Crippen LogP contribution in [0.4, 0.5) is 13.2 Å². The van der Waals surface area contributed by atoms with E-state index >= 15 is 0 Å². The minimum absolute atomic E-state index is 0. The Kier molecular flexibility index (Phi) is 7.66. The van der Waals surface area contributed by atoms with Crippen LogP contribution in [0.25, 0.3) is 0 Å². The van der Waals surface area contributed by atoms with Crippen molar-refractivity contribution < 1.29 is 26.4 Å². The second-order valence-electron chi connectivity index (χ2n) is 5.47. The molecule has 1 fully saturated rings. The zero-order valence-electron chi connectivity index (χ0n) is 13.1. The van der Waals surface area contributed by atoms with Crippen molar-refractivity contribution in [1.82, 2.24) is 15.4 Å². The minimum Gasteiger partial charge on any atom is -0.343 e. The summed E-state index contributed by atoms with van der Waals surface area (Å²) in [5.74, 6) is -0.914. The number of alkyl halides is 3. The molecule has 0 bridgehead atoms. The maximum Gasteiger partial charge on any atom is 0.405 e. The molecule has 0 spiro atoms. The second kappa shape index (κ2) is 8.84. The number of sulfonamides is 1. The predicted molar refractivity (Wildman–Crippen MR) is 88.3 cm³/mol. The van der Waals surface area contributed by atoms with Gasteiger partial charge in [0.2, 0.25) is 10.0 Å². The van der Waals surface area contributed by atoms with Gasteiger partial charge in [-0.3, -0.25) is 4.79 Å². The SMILES string of the molecule is Cl.O=C(NCC(F)(F)F)c1ccc(S(=O)(=O)NC2CCNCC2)cc1. The number of hydrogen-bond donors (Lipinski definition) is 3. The maximum absolute atomic E-state index is 12.3. The van der Waals surface area contributed by atoms with Crippen LogP contribution in [-0.2, 0) is 10.0 Å². The van der Waals surface area contributed by atoms with Crippen molar-refractivity contribution in [2.24, 2.45) is 0 Å². The summed E-state index contributed by atoms with van der Waals surface area (Å²) in [6.07, 6.45) is -3.15. The second-order valence-corrected chi connectivity index (χ2v) is 7.18. The molecule has 1 aliphatic heterocycles. The van der Waals surface area contributed by atoms with Gasteiger partial charge in [0.05, 0.1) is 4.90 Å². The standard InChI is InChI=1S/C14H18F3N3O3S.ClH/c15-14(16,17)9-19-13(21)10-1-3-12(4-2-10)24(22,23)20-11-5-7-18-8-6-11;/h1-4,11,18,20H,5-9H2,(H,19,21);1H. The highest BCUT2D eigenvalue weighted by Crippen LogP contribution is 2.15. The Morgan fingerprint density at radius 2 is 1.72 bits per heavy atom. The van der Waals surface area contributed by atoms with E-state index in [-0.39, 0.29) is 28.9 Å². The highest BCUT2D eigenvalue weighted by atomic mass is 35.5. The molecule has 142 valence electrons. The van der Waals surface area contributed by atoms with E-state index in [2.05, 4.69) is 10.0 Å². The van der Waals surface area contributed by atoms with Crippen LogP contribution in [0.15, 0.2) is 29.2 Å². The average Bonchev–Trinajstić information content (AvgIpc) is 2.52. The van der Waals surface area contributed by atoms with E-state index in [0.29, 0.717) is 12.8 Å². The first-order valence-electron chi connectivity index (χ1n) is 7.35. The first-order valence-corrected chi connectivity index (χ1v) is 8.84. The molecule has 6 nitrogen and oxygen atoms in total. The summed E-state index contributed by atoms with van der Waals surface area (Å²) in [6, 6.07) is 4.61. The number of carbonyl (C=O) groups excluding carboxylic acids is 1. The van der Waals surface area contributed by atoms with Crippen molar-refractivity contribution in [1.29, 1.82) is 0 Å². The summed E-state index contributed by atoms with van der Waals surface area (Å²) in [5.41, 5.74) is -0.0416. The molecule has 0 saturated carbocycles. The van der Waals surface area contributed by atoms with E-state index in [1.165, 1.54) is 24.3 Å². The Balaban J connectivity index is 0.00000312. The average molecular weight is 402 g/mol. The molecule has 1 heterocycles. The lowest BCUT2D eigenvalue weighted by Crippen LogP contribution is -2.42. The molecule has 0 aromatic heterocycles. The molecule has 11 heteroatoms. The van der Waals surface area contributed by atoms with E-state index < -0.39 is 28.7 Å². The Morgan fingerprint density at radius 1 is 1.16 bits per heavy atom. The fourth-order valence-corrected chi connectivity index (χ4v) is 3.60. The third-order valence-corrected chi connectivity index (χ3v) is 5.07. The van der Waals surface area contributed by atoms with Crippen molar-refractivity contribution in [3.63, 3.8) is 0 Å². The monoisotopic (exact) mass is 401 g/mol. The van der Waals surface area contributed by atoms with E-state index in [9.17, 15) is 26.4 Å². The number of amides is 1. The molecular weight excluding hydrogens is 383 g/mol. The summed E-state index contributed by atoms with van der Waals surface area (Å²) < 4.78 is 63.3. The number of rotatable bonds is 5. The van der Waals surface area contributed by atoms with Crippen molar-refractivity contribution in [2.45, 2.75) is 30.0 Å². The fraction of sp³-hybridized carbons (Fsp3) is 0.500. The maximum atomic E-state index is 12.3. The molecule has 0 atom stereocenters. The highest BCUT2D eigenvalue weighted by molar-refractivity contribution is 7.89. The molecule has 2 rings (SSSR count). The largest absolute Gasteiger partial charge is 0.405 e. The molecule has 1 aromatic rings. The quantitative estimate of drug-likeness (QED) is 0.696. The lowest BCUT2D eigenvalue weighted by Gasteiger charge is -2.23. The van der Waals surface area contributed by atoms with E-state index in [1.54, 1.807) is 5.32 Å². The summed E-state index contributed by atoms with van der Waals surface area (Å²) in [5, 5.41) is 4.85. The van der Waals surface area contributed by atoms with Gasteiger partial charge >= 0.3 is 6.18 Å². The molecule has 0 aliphatic carbocycles. The summed E-state index contributed by atoms with van der Waals surface area (Å²) >= 11 is 0. The van der Waals surface area contributed by atoms with Crippen LogP contribution in [0.2, 0.25) is 0 Å². The number of carbonyl (C=O) groups is 1. The molecular formula is C14H19ClF3N3O3S. The number of benzene rings is 1. The zero-order chi connectivity index (χ0) is 17.8. The predicted octanol–water partition coefficient (Wildman–Crippen LogP) is 1.43. The summed E-state index contributed by atoms with van der Waals surface area (Å²) in [7, 11) is -3.73. The van der Waals surface area contributed by atoms with Gasteiger partial charge in [0.15, 0.2) is 0 Å². The van der Waals surface area contributed by atoms with E-state index in [1.807, 2.05) is 0 Å². The van der Waals surface area contributed by atoms with E-state index in [0.717, 1.165) is 13.1 Å². The van der Waals surface area contributed by atoms with Crippen LogP contribution in [-0.4, -0.2) is 46.2 Å². The third-order valence-electron chi connectivity index (χ3n) is 3.54. The first kappa shape index (κ1) is 21.7. The lowest BCUT2D eigenvalue weighted by atomic mass is 10.1. The fourth-order valence-electron chi connectivity index (χ4n) is 2.30. The lowest BCUT2D eigenvalue weighted by molar-refractivity contribution is -0.123. The third kappa shape index (κ3) is 6.81. The van der Waals surface area contributed by atoms with Crippen LogP contribution in [0.5, 0.6) is 0 Å². The molecule has 0 radical (unpaired) electrons. The van der Waals surface area contributed by atoms with Crippen molar-refractivity contribution in [2.75, 3.05) is 19.6 Å². The van der Waals surface area contributed by atoms with Gasteiger partial charge in [0, 0.05) is 11.6 Å². The first-order chi connectivity index (χ1) is 11.2. The van der Waals surface area contributed by atoms with Crippen molar-refractivity contribution >= 4 is 28.3 Å². The molecule has 0 unspecified atom stereocenters. The number of halogens is 4. The van der Waals surface area contributed by atoms with Gasteiger partial charge < -0.3 is 10.6 Å². The van der Waals surface area contributed by atoms with Gasteiger partial charge in [-0.2, -0.15) is 13.2 Å². The summed E-state index contributed by atoms with van der Waals surface area (Å²) in [4.78, 5) is 11.6. The van der Waals surface area contributed by atoms with Gasteiger partial charge in [0.1, 0.15) is 6.54 Å². The number of piperidine rings is 1. The van der Waals surface area contributed by atoms with Crippen LogP contribution < -0.4 is 15.4 Å². The van der Waals surface area contributed by atoms with Crippen LogP contribution >= 0.6 is 12.4 Å². The van der Waals surface area contributed by atoms with E-state index in [4.69, 9.17) is 0 Å². The molecule has 1 aliphatic rings. The molecule has 3 N–H and O–H groups in total. The highest BCUT2D eigenvalue weighted by Gasteiger charge is 2.28. The van der Waals surface area contributed by atoms with Crippen molar-refractivity contribution in [3.8, 4) is 0 Å². The normalized spacial score (nSPS) is 16.1. The van der Waals surface area contributed by atoms with Gasteiger partial charge in [-0.05, 0) is 50.2 Å². The summed E-state index contributed by atoms with van der Waals surface area (Å²) in [6.45, 7) is 0.0140. The Bertz CT molecular complexity index is 675. The molecule has 1 saturated heterocycles.